The zero-order chi connectivity index (χ0) is 16.6. The third kappa shape index (κ3) is 3.29. The van der Waals surface area contributed by atoms with Gasteiger partial charge >= 0.3 is 0 Å². The number of aromatic hydroxyl groups is 1. The second-order valence-electron chi connectivity index (χ2n) is 5.00. The SMILES string of the molecule is O=C(Nc1cc(N2CCCS2(=O)=O)ccc1O)c1ccc(Cl)s1. The number of hydrogen-bond acceptors (Lipinski definition) is 5. The Hall–Kier alpha value is -1.77. The van der Waals surface area contributed by atoms with Crippen molar-refractivity contribution in [2.75, 3.05) is 21.9 Å². The Kier molecular flexibility index (Phi) is 4.22. The largest absolute Gasteiger partial charge is 0.506 e. The fourth-order valence-electron chi connectivity index (χ4n) is 2.33. The van der Waals surface area contributed by atoms with Gasteiger partial charge in [-0.3, -0.25) is 9.10 Å². The Morgan fingerprint density at radius 2 is 2.09 bits per heavy atom. The average Bonchev–Trinajstić information content (AvgIpc) is 3.07. The van der Waals surface area contributed by atoms with Crippen LogP contribution in [0.15, 0.2) is 30.3 Å². The third-order valence-corrected chi connectivity index (χ3v) is 6.51. The highest BCUT2D eigenvalue weighted by Crippen LogP contribution is 2.32. The molecule has 0 bridgehead atoms. The predicted octanol–water partition coefficient (Wildman–Crippen LogP) is 2.90. The molecule has 0 aliphatic carbocycles. The summed E-state index contributed by atoms with van der Waals surface area (Å²) in [5.41, 5.74) is 0.568. The molecule has 23 heavy (non-hydrogen) atoms. The topological polar surface area (TPSA) is 86.7 Å². The van der Waals surface area contributed by atoms with Crippen molar-refractivity contribution in [1.82, 2.24) is 0 Å². The van der Waals surface area contributed by atoms with Gasteiger partial charge in [-0.2, -0.15) is 0 Å². The maximum Gasteiger partial charge on any atom is 0.265 e. The van der Waals surface area contributed by atoms with Crippen molar-refractivity contribution in [3.8, 4) is 5.75 Å². The summed E-state index contributed by atoms with van der Waals surface area (Å²) < 4.78 is 25.7. The second kappa shape index (κ2) is 6.03. The van der Waals surface area contributed by atoms with Crippen LogP contribution in [0, 0.1) is 0 Å². The van der Waals surface area contributed by atoms with Gasteiger partial charge in [0.2, 0.25) is 10.0 Å². The maximum absolute atomic E-state index is 12.1. The first-order valence-electron chi connectivity index (χ1n) is 6.77. The van der Waals surface area contributed by atoms with E-state index < -0.39 is 15.9 Å². The van der Waals surface area contributed by atoms with Crippen molar-refractivity contribution in [3.05, 3.63) is 39.5 Å². The van der Waals surface area contributed by atoms with Crippen LogP contribution in [-0.4, -0.2) is 31.7 Å². The number of carbonyl (C=O) groups is 1. The van der Waals surface area contributed by atoms with E-state index >= 15 is 0 Å². The van der Waals surface area contributed by atoms with Gasteiger partial charge in [-0.1, -0.05) is 11.6 Å². The molecule has 2 aromatic rings. The highest BCUT2D eigenvalue weighted by atomic mass is 35.5. The normalized spacial score (nSPS) is 16.5. The van der Waals surface area contributed by atoms with E-state index in [0.717, 1.165) is 11.3 Å². The molecule has 0 spiro atoms. The minimum atomic E-state index is -3.32. The lowest BCUT2D eigenvalue weighted by Crippen LogP contribution is -2.25. The number of halogens is 1. The van der Waals surface area contributed by atoms with Crippen LogP contribution >= 0.6 is 22.9 Å². The molecule has 0 atom stereocenters. The summed E-state index contributed by atoms with van der Waals surface area (Å²) in [4.78, 5) is 12.5. The number of amides is 1. The Balaban J connectivity index is 1.88. The van der Waals surface area contributed by atoms with E-state index in [0.29, 0.717) is 27.9 Å². The molecule has 1 amide bonds. The summed E-state index contributed by atoms with van der Waals surface area (Å²) in [5, 5.41) is 12.5. The molecule has 2 N–H and O–H groups in total. The second-order valence-corrected chi connectivity index (χ2v) is 8.73. The molecule has 0 radical (unpaired) electrons. The molecule has 2 heterocycles. The van der Waals surface area contributed by atoms with Gasteiger partial charge in [0.25, 0.3) is 5.91 Å². The van der Waals surface area contributed by atoms with Crippen molar-refractivity contribution < 1.29 is 18.3 Å². The van der Waals surface area contributed by atoms with Gasteiger partial charge in [0.1, 0.15) is 5.75 Å². The standard InChI is InChI=1S/C14H13ClN2O4S2/c15-13-5-4-12(22-13)14(19)16-10-8-9(2-3-11(10)18)17-6-1-7-23(17,20)21/h2-5,8,18H,1,6-7H2,(H,16,19). The van der Waals surface area contributed by atoms with Crippen LogP contribution in [0.1, 0.15) is 16.1 Å². The molecule has 1 aromatic heterocycles. The lowest BCUT2D eigenvalue weighted by molar-refractivity contribution is 0.103. The van der Waals surface area contributed by atoms with Crippen LogP contribution < -0.4 is 9.62 Å². The van der Waals surface area contributed by atoms with E-state index in [-0.39, 0.29) is 17.2 Å². The van der Waals surface area contributed by atoms with Gasteiger partial charge in [-0.25, -0.2) is 8.42 Å². The number of thiophene rings is 1. The molecular weight excluding hydrogens is 360 g/mol. The number of benzene rings is 1. The Bertz CT molecular complexity index is 863. The smallest absolute Gasteiger partial charge is 0.265 e. The number of anilines is 2. The van der Waals surface area contributed by atoms with Crippen LogP contribution in [0.25, 0.3) is 0 Å². The minimum absolute atomic E-state index is 0.100. The van der Waals surface area contributed by atoms with Crippen molar-refractivity contribution >= 4 is 50.2 Å². The molecule has 9 heteroatoms. The molecule has 6 nitrogen and oxygen atoms in total. The van der Waals surface area contributed by atoms with Crippen LogP contribution in [0.5, 0.6) is 5.75 Å². The van der Waals surface area contributed by atoms with Gasteiger partial charge in [0.15, 0.2) is 0 Å². The zero-order valence-corrected chi connectivity index (χ0v) is 14.2. The number of hydrogen-bond donors (Lipinski definition) is 2. The molecule has 1 fully saturated rings. The molecule has 1 saturated heterocycles. The molecule has 0 unspecified atom stereocenters. The number of carbonyl (C=O) groups excluding carboxylic acids is 1. The van der Waals surface area contributed by atoms with Crippen LogP contribution in [0.3, 0.4) is 0 Å². The van der Waals surface area contributed by atoms with Crippen LogP contribution in [0.4, 0.5) is 11.4 Å². The Morgan fingerprint density at radius 1 is 1.30 bits per heavy atom. The van der Waals surface area contributed by atoms with Crippen molar-refractivity contribution in [1.29, 1.82) is 0 Å². The number of nitrogens with one attached hydrogen (secondary N) is 1. The third-order valence-electron chi connectivity index (χ3n) is 3.41. The van der Waals surface area contributed by atoms with Crippen molar-refractivity contribution in [3.63, 3.8) is 0 Å². The van der Waals surface area contributed by atoms with E-state index in [9.17, 15) is 18.3 Å². The summed E-state index contributed by atoms with van der Waals surface area (Å²) in [5.74, 6) is -0.455. The molecule has 1 aliphatic heterocycles. The van der Waals surface area contributed by atoms with E-state index in [1.165, 1.54) is 22.5 Å². The van der Waals surface area contributed by atoms with E-state index in [4.69, 9.17) is 11.6 Å². The quantitative estimate of drug-likeness (QED) is 0.811. The number of sulfonamides is 1. The van der Waals surface area contributed by atoms with E-state index in [1.54, 1.807) is 12.1 Å². The van der Waals surface area contributed by atoms with Gasteiger partial charge in [-0.15, -0.1) is 11.3 Å². The highest BCUT2D eigenvalue weighted by molar-refractivity contribution is 7.93. The first-order chi connectivity index (χ1) is 10.9. The molecule has 122 valence electrons. The monoisotopic (exact) mass is 372 g/mol. The van der Waals surface area contributed by atoms with Crippen molar-refractivity contribution in [2.45, 2.75) is 6.42 Å². The van der Waals surface area contributed by atoms with Gasteiger partial charge in [-0.05, 0) is 36.8 Å². The van der Waals surface area contributed by atoms with E-state index in [1.807, 2.05) is 0 Å². The predicted molar refractivity (Wildman–Crippen MR) is 91.1 cm³/mol. The number of phenolic OH excluding ortho intramolecular Hbond substituents is 1. The molecule has 0 saturated carbocycles. The number of phenols is 1. The van der Waals surface area contributed by atoms with Gasteiger partial charge in [0, 0.05) is 6.54 Å². The minimum Gasteiger partial charge on any atom is -0.506 e. The highest BCUT2D eigenvalue weighted by Gasteiger charge is 2.29. The number of rotatable bonds is 3. The molecule has 1 aromatic carbocycles. The summed E-state index contributed by atoms with van der Waals surface area (Å²) in [7, 11) is -3.32. The maximum atomic E-state index is 12.1. The lowest BCUT2D eigenvalue weighted by Gasteiger charge is -2.18. The summed E-state index contributed by atoms with van der Waals surface area (Å²) in [6, 6.07) is 7.50. The fraction of sp³-hybridized carbons (Fsp3) is 0.214. The van der Waals surface area contributed by atoms with Crippen LogP contribution in [0.2, 0.25) is 4.34 Å². The van der Waals surface area contributed by atoms with Gasteiger partial charge < -0.3 is 10.4 Å². The first kappa shape index (κ1) is 16.1. The zero-order valence-electron chi connectivity index (χ0n) is 11.8. The summed E-state index contributed by atoms with van der Waals surface area (Å²) in [6.07, 6.45) is 0.554. The van der Waals surface area contributed by atoms with Crippen molar-refractivity contribution in [2.24, 2.45) is 0 Å². The molecule has 3 rings (SSSR count). The average molecular weight is 373 g/mol. The van der Waals surface area contributed by atoms with E-state index in [2.05, 4.69) is 5.32 Å². The summed E-state index contributed by atoms with van der Waals surface area (Å²) in [6.45, 7) is 0.390. The molecular formula is C14H13ClN2O4S2. The van der Waals surface area contributed by atoms with Gasteiger partial charge in [0.05, 0.1) is 26.3 Å². The van der Waals surface area contributed by atoms with Crippen LogP contribution in [-0.2, 0) is 10.0 Å². The lowest BCUT2D eigenvalue weighted by atomic mass is 10.2. The molecule has 1 aliphatic rings. The Morgan fingerprint density at radius 3 is 2.70 bits per heavy atom. The Labute approximate surface area is 142 Å². The first-order valence-corrected chi connectivity index (χ1v) is 9.57. The summed E-state index contributed by atoms with van der Waals surface area (Å²) >= 11 is 6.91. The fourth-order valence-corrected chi connectivity index (χ4v) is 4.82. The number of nitrogens with zero attached hydrogens (tertiary/aromatic N) is 1.